The standard InChI is InChI=1S/C14H25F3N2O/c1-20-11-13(4-6-18-7-5-13)10-19-8-2-3-12(9-19)14(15,16)17/h12,18H,2-11H2,1H3. The van der Waals surface area contributed by atoms with E-state index in [2.05, 4.69) is 5.32 Å². The molecule has 0 aromatic rings. The molecule has 2 fully saturated rings. The van der Waals surface area contributed by atoms with Crippen molar-refractivity contribution in [1.29, 1.82) is 0 Å². The fraction of sp³-hybridized carbons (Fsp3) is 1.00. The maximum Gasteiger partial charge on any atom is 0.393 e. The number of hydrogen-bond donors (Lipinski definition) is 1. The molecular formula is C14H25F3N2O. The summed E-state index contributed by atoms with van der Waals surface area (Å²) in [6.45, 7) is 4.17. The number of nitrogens with zero attached hydrogens (tertiary/aromatic N) is 1. The van der Waals surface area contributed by atoms with Crippen LogP contribution in [0.3, 0.4) is 0 Å². The van der Waals surface area contributed by atoms with Crippen LogP contribution >= 0.6 is 0 Å². The first-order valence-corrected chi connectivity index (χ1v) is 7.44. The summed E-state index contributed by atoms with van der Waals surface area (Å²) in [4.78, 5) is 2.01. The van der Waals surface area contributed by atoms with Crippen LogP contribution in [0.25, 0.3) is 0 Å². The second-order valence-electron chi connectivity index (χ2n) is 6.30. The Balaban J connectivity index is 1.96. The molecule has 2 heterocycles. The Hall–Kier alpha value is -0.330. The number of piperidine rings is 2. The van der Waals surface area contributed by atoms with Crippen molar-refractivity contribution in [3.63, 3.8) is 0 Å². The van der Waals surface area contributed by atoms with E-state index in [1.165, 1.54) is 0 Å². The quantitative estimate of drug-likeness (QED) is 0.861. The fourth-order valence-corrected chi connectivity index (χ4v) is 3.55. The van der Waals surface area contributed by atoms with E-state index in [9.17, 15) is 13.2 Å². The first-order valence-electron chi connectivity index (χ1n) is 7.44. The van der Waals surface area contributed by atoms with Crippen LogP contribution < -0.4 is 5.32 Å². The van der Waals surface area contributed by atoms with E-state index >= 15 is 0 Å². The molecule has 2 rings (SSSR count). The molecule has 2 aliphatic rings. The molecule has 1 unspecified atom stereocenters. The van der Waals surface area contributed by atoms with Crippen LogP contribution in [0, 0.1) is 11.3 Å². The van der Waals surface area contributed by atoms with Gasteiger partial charge in [0.15, 0.2) is 0 Å². The van der Waals surface area contributed by atoms with Gasteiger partial charge in [-0.2, -0.15) is 13.2 Å². The second kappa shape index (κ2) is 6.62. The smallest absolute Gasteiger partial charge is 0.384 e. The molecule has 2 saturated heterocycles. The molecule has 0 spiro atoms. The zero-order valence-corrected chi connectivity index (χ0v) is 12.1. The molecule has 6 heteroatoms. The molecule has 0 aromatic heterocycles. The van der Waals surface area contributed by atoms with Crippen LogP contribution in [0.2, 0.25) is 0 Å². The molecule has 1 atom stereocenters. The van der Waals surface area contributed by atoms with Gasteiger partial charge in [-0.1, -0.05) is 0 Å². The molecule has 2 aliphatic heterocycles. The van der Waals surface area contributed by atoms with E-state index in [-0.39, 0.29) is 18.4 Å². The van der Waals surface area contributed by atoms with Crippen LogP contribution in [0.15, 0.2) is 0 Å². The Bertz CT molecular complexity index is 298. The lowest BCUT2D eigenvalue weighted by molar-refractivity contribution is -0.188. The highest BCUT2D eigenvalue weighted by atomic mass is 19.4. The molecule has 0 bridgehead atoms. The normalized spacial score (nSPS) is 28.5. The Morgan fingerprint density at radius 1 is 1.30 bits per heavy atom. The van der Waals surface area contributed by atoms with Crippen molar-refractivity contribution in [3.05, 3.63) is 0 Å². The van der Waals surface area contributed by atoms with Crippen LogP contribution in [-0.4, -0.2) is 57.5 Å². The van der Waals surface area contributed by atoms with Gasteiger partial charge in [-0.15, -0.1) is 0 Å². The van der Waals surface area contributed by atoms with Crippen molar-refractivity contribution in [1.82, 2.24) is 10.2 Å². The fourth-order valence-electron chi connectivity index (χ4n) is 3.55. The summed E-state index contributed by atoms with van der Waals surface area (Å²) in [6, 6.07) is 0. The summed E-state index contributed by atoms with van der Waals surface area (Å²) in [7, 11) is 1.68. The molecule has 0 saturated carbocycles. The lowest BCUT2D eigenvalue weighted by Gasteiger charge is -2.43. The Morgan fingerprint density at radius 3 is 2.60 bits per heavy atom. The van der Waals surface area contributed by atoms with Gasteiger partial charge in [-0.25, -0.2) is 0 Å². The van der Waals surface area contributed by atoms with Crippen LogP contribution in [0.4, 0.5) is 13.2 Å². The lowest BCUT2D eigenvalue weighted by atomic mass is 9.78. The largest absolute Gasteiger partial charge is 0.393 e. The van der Waals surface area contributed by atoms with Gasteiger partial charge in [-0.05, 0) is 45.3 Å². The molecule has 0 aliphatic carbocycles. The summed E-state index contributed by atoms with van der Waals surface area (Å²) in [5, 5.41) is 3.31. The van der Waals surface area contributed by atoms with Crippen molar-refractivity contribution in [2.24, 2.45) is 11.3 Å². The average molecular weight is 294 g/mol. The van der Waals surface area contributed by atoms with Gasteiger partial charge in [0.1, 0.15) is 0 Å². The molecule has 0 amide bonds. The zero-order chi connectivity index (χ0) is 14.6. The number of rotatable bonds is 4. The van der Waals surface area contributed by atoms with E-state index in [1.807, 2.05) is 4.90 Å². The minimum atomic E-state index is -4.05. The van der Waals surface area contributed by atoms with Crippen molar-refractivity contribution >= 4 is 0 Å². The SMILES string of the molecule is COCC1(CN2CCCC(C(F)(F)F)C2)CCNCC1. The van der Waals surface area contributed by atoms with Gasteiger partial charge in [0.25, 0.3) is 0 Å². The summed E-state index contributed by atoms with van der Waals surface area (Å²) >= 11 is 0. The Morgan fingerprint density at radius 2 is 2.00 bits per heavy atom. The van der Waals surface area contributed by atoms with Crippen molar-refractivity contribution in [2.45, 2.75) is 31.9 Å². The number of alkyl halides is 3. The molecule has 20 heavy (non-hydrogen) atoms. The van der Waals surface area contributed by atoms with Crippen LogP contribution in [-0.2, 0) is 4.74 Å². The van der Waals surface area contributed by atoms with E-state index < -0.39 is 12.1 Å². The third kappa shape index (κ3) is 4.09. The van der Waals surface area contributed by atoms with E-state index in [1.54, 1.807) is 7.11 Å². The summed E-state index contributed by atoms with van der Waals surface area (Å²) in [5.41, 5.74) is 0.0213. The number of nitrogens with one attached hydrogen (secondary N) is 1. The monoisotopic (exact) mass is 294 g/mol. The van der Waals surface area contributed by atoms with Gasteiger partial charge < -0.3 is 15.0 Å². The zero-order valence-electron chi connectivity index (χ0n) is 12.1. The Labute approximate surface area is 118 Å². The number of likely N-dealkylation sites (tertiary alicyclic amines) is 1. The van der Waals surface area contributed by atoms with Gasteiger partial charge >= 0.3 is 6.18 Å². The maximum absolute atomic E-state index is 12.9. The first kappa shape index (κ1) is 16.0. The number of hydrogen-bond acceptors (Lipinski definition) is 3. The van der Waals surface area contributed by atoms with Gasteiger partial charge in [0, 0.05) is 25.6 Å². The molecule has 0 radical (unpaired) electrons. The Kier molecular flexibility index (Phi) is 5.31. The predicted molar refractivity (Wildman–Crippen MR) is 71.6 cm³/mol. The highest BCUT2D eigenvalue weighted by Crippen LogP contribution is 2.36. The number of methoxy groups -OCH3 is 1. The van der Waals surface area contributed by atoms with Crippen molar-refractivity contribution < 1.29 is 17.9 Å². The number of ether oxygens (including phenoxy) is 1. The molecule has 0 aromatic carbocycles. The summed E-state index contributed by atoms with van der Waals surface area (Å²) in [5.74, 6) is -1.16. The average Bonchev–Trinajstić information content (AvgIpc) is 2.39. The third-order valence-corrected chi connectivity index (χ3v) is 4.64. The summed E-state index contributed by atoms with van der Waals surface area (Å²) in [6.07, 6.45) is -1.17. The van der Waals surface area contributed by atoms with Gasteiger partial charge in [0.2, 0.25) is 0 Å². The molecule has 118 valence electrons. The molecule has 1 N–H and O–H groups in total. The topological polar surface area (TPSA) is 24.5 Å². The number of halogens is 3. The van der Waals surface area contributed by atoms with Gasteiger partial charge in [-0.3, -0.25) is 0 Å². The molecular weight excluding hydrogens is 269 g/mol. The van der Waals surface area contributed by atoms with Crippen LogP contribution in [0.5, 0.6) is 0 Å². The van der Waals surface area contributed by atoms with Crippen molar-refractivity contribution in [2.75, 3.05) is 46.4 Å². The lowest BCUT2D eigenvalue weighted by Crippen LogP contribution is -2.51. The van der Waals surface area contributed by atoms with Gasteiger partial charge in [0.05, 0.1) is 12.5 Å². The van der Waals surface area contributed by atoms with E-state index in [0.717, 1.165) is 39.0 Å². The minimum Gasteiger partial charge on any atom is -0.384 e. The highest BCUT2D eigenvalue weighted by Gasteiger charge is 2.43. The van der Waals surface area contributed by atoms with E-state index in [4.69, 9.17) is 4.74 Å². The molecule has 3 nitrogen and oxygen atoms in total. The van der Waals surface area contributed by atoms with Crippen LogP contribution in [0.1, 0.15) is 25.7 Å². The van der Waals surface area contributed by atoms with E-state index in [0.29, 0.717) is 13.0 Å². The second-order valence-corrected chi connectivity index (χ2v) is 6.30. The minimum absolute atomic E-state index is 0.0213. The van der Waals surface area contributed by atoms with Crippen molar-refractivity contribution in [3.8, 4) is 0 Å². The third-order valence-electron chi connectivity index (χ3n) is 4.64. The maximum atomic E-state index is 12.9. The first-order chi connectivity index (χ1) is 9.45. The summed E-state index contributed by atoms with van der Waals surface area (Å²) < 4.78 is 44.0. The highest BCUT2D eigenvalue weighted by molar-refractivity contribution is 4.89. The predicted octanol–water partition coefficient (Wildman–Crippen LogP) is 2.28.